The zero-order chi connectivity index (χ0) is 18.3. The van der Waals surface area contributed by atoms with Gasteiger partial charge in [-0.1, -0.05) is 24.3 Å². The summed E-state index contributed by atoms with van der Waals surface area (Å²) < 4.78 is 21.2. The fourth-order valence-electron chi connectivity index (χ4n) is 2.93. The first kappa shape index (κ1) is 16.0. The molecule has 2 heterocycles. The second kappa shape index (κ2) is 6.07. The lowest BCUT2D eigenvalue weighted by Gasteiger charge is -2.07. The molecule has 0 saturated carbocycles. The summed E-state index contributed by atoms with van der Waals surface area (Å²) in [7, 11) is 2.99. The molecule has 130 valence electrons. The second-order valence-corrected chi connectivity index (χ2v) is 5.65. The molecule has 0 unspecified atom stereocenters. The molecule has 4 aromatic rings. The van der Waals surface area contributed by atoms with Crippen LogP contribution in [0.25, 0.3) is 33.1 Å². The molecule has 0 bridgehead atoms. The molecule has 0 amide bonds. The van der Waals surface area contributed by atoms with Crippen LogP contribution in [0.3, 0.4) is 0 Å². The highest BCUT2D eigenvalue weighted by Crippen LogP contribution is 2.29. The van der Waals surface area contributed by atoms with Crippen LogP contribution in [0.1, 0.15) is 0 Å². The Morgan fingerprint density at radius 3 is 1.50 bits per heavy atom. The predicted molar refractivity (Wildman–Crippen MR) is 97.1 cm³/mol. The fourth-order valence-corrected chi connectivity index (χ4v) is 2.93. The molecule has 0 aliphatic carbocycles. The van der Waals surface area contributed by atoms with Crippen LogP contribution in [-0.2, 0) is 0 Å². The van der Waals surface area contributed by atoms with E-state index in [1.807, 2.05) is 0 Å². The Labute approximate surface area is 147 Å². The van der Waals surface area contributed by atoms with Gasteiger partial charge in [-0.05, 0) is 24.3 Å². The van der Waals surface area contributed by atoms with E-state index in [0.717, 1.165) is 0 Å². The average molecular weight is 350 g/mol. The van der Waals surface area contributed by atoms with Gasteiger partial charge in [0.05, 0.1) is 25.3 Å². The summed E-state index contributed by atoms with van der Waals surface area (Å²) in [4.78, 5) is 25.0. The van der Waals surface area contributed by atoms with Gasteiger partial charge >= 0.3 is 11.3 Å². The summed E-state index contributed by atoms with van der Waals surface area (Å²) >= 11 is 0. The Morgan fingerprint density at radius 2 is 1.12 bits per heavy atom. The van der Waals surface area contributed by atoms with Crippen LogP contribution in [0.15, 0.2) is 67.0 Å². The third-order valence-corrected chi connectivity index (χ3v) is 4.18. The van der Waals surface area contributed by atoms with Gasteiger partial charge < -0.3 is 18.3 Å². The first-order valence-electron chi connectivity index (χ1n) is 7.84. The third kappa shape index (κ3) is 2.43. The van der Waals surface area contributed by atoms with Crippen LogP contribution in [0.2, 0.25) is 0 Å². The monoisotopic (exact) mass is 350 g/mol. The minimum Gasteiger partial charge on any atom is -0.493 e. The molecule has 6 nitrogen and oxygen atoms in total. The minimum absolute atomic E-state index is 0.129. The molecule has 0 aliphatic heterocycles. The summed E-state index contributed by atoms with van der Waals surface area (Å²) in [6.45, 7) is 0. The number of fused-ring (bicyclic) bond motifs is 2. The van der Waals surface area contributed by atoms with Crippen LogP contribution in [0, 0.1) is 0 Å². The summed E-state index contributed by atoms with van der Waals surface area (Å²) in [5.74, 6) is 0.892. The molecule has 26 heavy (non-hydrogen) atoms. The molecular formula is C20H14O6. The van der Waals surface area contributed by atoms with Crippen molar-refractivity contribution in [2.45, 2.75) is 0 Å². The standard InChI is InChI=1S/C20H14O6/c1-23-15-7-3-5-11-9-13(19(21)25-17(11)15)14-10-12-6-4-8-16(24-2)18(12)26-20(14)22/h3-10H,1-2H3. The molecule has 0 spiro atoms. The van der Waals surface area contributed by atoms with E-state index in [1.54, 1.807) is 48.5 Å². The maximum atomic E-state index is 12.5. The van der Waals surface area contributed by atoms with Crippen molar-refractivity contribution < 1.29 is 18.3 Å². The van der Waals surface area contributed by atoms with E-state index in [2.05, 4.69) is 0 Å². The van der Waals surface area contributed by atoms with E-state index in [1.165, 1.54) is 14.2 Å². The number of rotatable bonds is 3. The van der Waals surface area contributed by atoms with E-state index in [-0.39, 0.29) is 11.1 Å². The fraction of sp³-hybridized carbons (Fsp3) is 0.100. The van der Waals surface area contributed by atoms with Gasteiger partial charge in [-0.2, -0.15) is 0 Å². The predicted octanol–water partition coefficient (Wildman–Crippen LogP) is 3.58. The minimum atomic E-state index is -0.642. The number of methoxy groups -OCH3 is 2. The first-order chi connectivity index (χ1) is 12.6. The Hall–Kier alpha value is -3.54. The van der Waals surface area contributed by atoms with E-state index in [0.29, 0.717) is 33.4 Å². The number of hydrogen-bond acceptors (Lipinski definition) is 6. The molecule has 0 saturated heterocycles. The molecule has 0 radical (unpaired) electrons. The molecule has 2 aromatic heterocycles. The Morgan fingerprint density at radius 1 is 0.692 bits per heavy atom. The lowest BCUT2D eigenvalue weighted by atomic mass is 10.1. The number of ether oxygens (including phenoxy) is 2. The quantitative estimate of drug-likeness (QED) is 0.526. The van der Waals surface area contributed by atoms with E-state index in [9.17, 15) is 9.59 Å². The molecule has 6 heteroatoms. The Kier molecular flexibility index (Phi) is 3.73. The third-order valence-electron chi connectivity index (χ3n) is 4.18. The van der Waals surface area contributed by atoms with Gasteiger partial charge in [0, 0.05) is 10.8 Å². The highest BCUT2D eigenvalue weighted by Gasteiger charge is 2.16. The number of para-hydroxylation sites is 2. The smallest absolute Gasteiger partial charge is 0.344 e. The molecule has 0 fully saturated rings. The normalized spacial score (nSPS) is 11.0. The Bertz CT molecular complexity index is 1150. The van der Waals surface area contributed by atoms with Crippen molar-refractivity contribution in [2.24, 2.45) is 0 Å². The van der Waals surface area contributed by atoms with Crippen molar-refractivity contribution in [2.75, 3.05) is 14.2 Å². The van der Waals surface area contributed by atoms with Gasteiger partial charge in [0.15, 0.2) is 22.7 Å². The van der Waals surface area contributed by atoms with Crippen molar-refractivity contribution >= 4 is 21.9 Å². The first-order valence-corrected chi connectivity index (χ1v) is 7.84. The van der Waals surface area contributed by atoms with Crippen molar-refractivity contribution in [1.29, 1.82) is 0 Å². The average Bonchev–Trinajstić information content (AvgIpc) is 2.66. The van der Waals surface area contributed by atoms with E-state index in [4.69, 9.17) is 18.3 Å². The lowest BCUT2D eigenvalue weighted by molar-refractivity contribution is 0.406. The largest absolute Gasteiger partial charge is 0.493 e. The topological polar surface area (TPSA) is 78.9 Å². The van der Waals surface area contributed by atoms with Gasteiger partial charge in [0.25, 0.3) is 0 Å². The highest BCUT2D eigenvalue weighted by atomic mass is 16.5. The number of hydrogen-bond donors (Lipinski definition) is 0. The summed E-state index contributed by atoms with van der Waals surface area (Å²) in [6.07, 6.45) is 0. The highest BCUT2D eigenvalue weighted by molar-refractivity contribution is 5.89. The van der Waals surface area contributed by atoms with Crippen molar-refractivity contribution in [3.05, 3.63) is 69.4 Å². The van der Waals surface area contributed by atoms with E-state index >= 15 is 0 Å². The van der Waals surface area contributed by atoms with Gasteiger partial charge in [-0.25, -0.2) is 9.59 Å². The second-order valence-electron chi connectivity index (χ2n) is 5.65. The zero-order valence-corrected chi connectivity index (χ0v) is 14.1. The molecule has 0 N–H and O–H groups in total. The molecule has 2 aromatic carbocycles. The summed E-state index contributed by atoms with van der Waals surface area (Å²) in [6, 6.07) is 13.7. The van der Waals surface area contributed by atoms with Crippen molar-refractivity contribution in [3.63, 3.8) is 0 Å². The maximum absolute atomic E-state index is 12.5. The zero-order valence-electron chi connectivity index (χ0n) is 14.1. The van der Waals surface area contributed by atoms with Gasteiger partial charge in [0.1, 0.15) is 0 Å². The van der Waals surface area contributed by atoms with Gasteiger partial charge in [-0.3, -0.25) is 0 Å². The van der Waals surface area contributed by atoms with Crippen molar-refractivity contribution in [1.82, 2.24) is 0 Å². The van der Waals surface area contributed by atoms with E-state index < -0.39 is 11.3 Å². The Balaban J connectivity index is 2.01. The van der Waals surface area contributed by atoms with Crippen LogP contribution >= 0.6 is 0 Å². The van der Waals surface area contributed by atoms with Crippen molar-refractivity contribution in [3.8, 4) is 22.6 Å². The van der Waals surface area contributed by atoms with Gasteiger partial charge in [-0.15, -0.1) is 0 Å². The van der Waals surface area contributed by atoms with Crippen LogP contribution < -0.4 is 20.7 Å². The van der Waals surface area contributed by atoms with Crippen LogP contribution in [0.5, 0.6) is 11.5 Å². The van der Waals surface area contributed by atoms with Crippen LogP contribution in [0.4, 0.5) is 0 Å². The molecule has 0 aliphatic rings. The molecule has 0 atom stereocenters. The summed E-state index contributed by atoms with van der Waals surface area (Å²) in [5, 5.41) is 1.29. The maximum Gasteiger partial charge on any atom is 0.344 e. The summed E-state index contributed by atoms with van der Waals surface area (Å²) in [5.41, 5.74) is -0.368. The van der Waals surface area contributed by atoms with Crippen LogP contribution in [-0.4, -0.2) is 14.2 Å². The SMILES string of the molecule is COc1cccc2cc(-c3cc4cccc(OC)c4oc3=O)c(=O)oc12. The number of benzene rings is 2. The molecule has 4 rings (SSSR count). The molecular weight excluding hydrogens is 336 g/mol. The lowest BCUT2D eigenvalue weighted by Crippen LogP contribution is -2.11. The van der Waals surface area contributed by atoms with Gasteiger partial charge in [0.2, 0.25) is 0 Å².